The molecule has 0 amide bonds. The summed E-state index contributed by atoms with van der Waals surface area (Å²) < 4.78 is 15.9. The second-order valence-corrected chi connectivity index (χ2v) is 5.53. The standard InChI is InChI=1S/C15H12BrFN4O/c16-10-3-4-11(17)14-13(10)15(22)21(12(20-14)5-6-18)9-2-1-7-19-8-9/h1-4,7-8H,5-6,18H2. The summed E-state index contributed by atoms with van der Waals surface area (Å²) in [4.78, 5) is 21.2. The lowest BCUT2D eigenvalue weighted by atomic mass is 10.2. The molecule has 0 aliphatic carbocycles. The molecule has 5 nitrogen and oxygen atoms in total. The zero-order valence-corrected chi connectivity index (χ0v) is 13.0. The molecule has 0 saturated carbocycles. The fourth-order valence-corrected chi connectivity index (χ4v) is 2.80. The SMILES string of the molecule is NCCc1nc2c(F)ccc(Br)c2c(=O)n1-c1cccnc1. The van der Waals surface area contributed by atoms with Gasteiger partial charge in [-0.3, -0.25) is 14.3 Å². The third-order valence-electron chi connectivity index (χ3n) is 3.27. The summed E-state index contributed by atoms with van der Waals surface area (Å²) in [5, 5.41) is 0.199. The molecule has 2 heterocycles. The maximum atomic E-state index is 14.0. The van der Waals surface area contributed by atoms with Crippen LogP contribution >= 0.6 is 15.9 Å². The summed E-state index contributed by atoms with van der Waals surface area (Å²) in [7, 11) is 0. The maximum Gasteiger partial charge on any atom is 0.267 e. The molecular formula is C15H12BrFN4O. The van der Waals surface area contributed by atoms with E-state index in [1.165, 1.54) is 16.7 Å². The van der Waals surface area contributed by atoms with Crippen molar-refractivity contribution < 1.29 is 4.39 Å². The van der Waals surface area contributed by atoms with Crippen LogP contribution in [0.2, 0.25) is 0 Å². The van der Waals surface area contributed by atoms with Gasteiger partial charge in [-0.2, -0.15) is 0 Å². The highest BCUT2D eigenvalue weighted by Gasteiger charge is 2.17. The van der Waals surface area contributed by atoms with Crippen LogP contribution in [-0.2, 0) is 6.42 Å². The van der Waals surface area contributed by atoms with E-state index in [2.05, 4.69) is 25.9 Å². The lowest BCUT2D eigenvalue weighted by Gasteiger charge is -2.13. The van der Waals surface area contributed by atoms with Crippen LogP contribution < -0.4 is 11.3 Å². The average Bonchev–Trinajstić information content (AvgIpc) is 2.52. The number of hydrogen-bond acceptors (Lipinski definition) is 4. The van der Waals surface area contributed by atoms with Crippen LogP contribution in [0.4, 0.5) is 4.39 Å². The first-order chi connectivity index (χ1) is 10.6. The third-order valence-corrected chi connectivity index (χ3v) is 3.93. The second-order valence-electron chi connectivity index (χ2n) is 4.67. The van der Waals surface area contributed by atoms with Crippen molar-refractivity contribution in [1.82, 2.24) is 14.5 Å². The first kappa shape index (κ1) is 14.8. The molecular weight excluding hydrogens is 351 g/mol. The summed E-state index contributed by atoms with van der Waals surface area (Å²) in [5.74, 6) is -0.128. The number of fused-ring (bicyclic) bond motifs is 1. The minimum atomic E-state index is -0.535. The van der Waals surface area contributed by atoms with Crippen molar-refractivity contribution in [2.75, 3.05) is 6.54 Å². The van der Waals surface area contributed by atoms with Crippen LogP contribution in [-0.4, -0.2) is 21.1 Å². The predicted molar refractivity (Wildman–Crippen MR) is 85.6 cm³/mol. The molecule has 0 atom stereocenters. The number of rotatable bonds is 3. The highest BCUT2D eigenvalue weighted by molar-refractivity contribution is 9.10. The Hall–Kier alpha value is -2.12. The molecule has 22 heavy (non-hydrogen) atoms. The average molecular weight is 363 g/mol. The lowest BCUT2D eigenvalue weighted by molar-refractivity contribution is 0.633. The van der Waals surface area contributed by atoms with Gasteiger partial charge in [0.2, 0.25) is 0 Å². The summed E-state index contributed by atoms with van der Waals surface area (Å²) in [6.07, 6.45) is 3.52. The Morgan fingerprint density at radius 1 is 1.32 bits per heavy atom. The van der Waals surface area contributed by atoms with Gasteiger partial charge in [0.25, 0.3) is 5.56 Å². The van der Waals surface area contributed by atoms with Crippen LogP contribution in [0.25, 0.3) is 16.6 Å². The molecule has 2 N–H and O–H groups in total. The highest BCUT2D eigenvalue weighted by atomic mass is 79.9. The van der Waals surface area contributed by atoms with Crippen LogP contribution in [0, 0.1) is 5.82 Å². The van der Waals surface area contributed by atoms with Gasteiger partial charge in [0.05, 0.1) is 17.3 Å². The van der Waals surface area contributed by atoms with E-state index in [4.69, 9.17) is 5.73 Å². The minimum Gasteiger partial charge on any atom is -0.330 e. The van der Waals surface area contributed by atoms with Crippen LogP contribution in [0.1, 0.15) is 5.82 Å². The summed E-state index contributed by atoms with van der Waals surface area (Å²) in [6, 6.07) is 6.24. The Bertz CT molecular complexity index is 895. The summed E-state index contributed by atoms with van der Waals surface area (Å²) in [5.41, 5.74) is 5.86. The molecule has 0 spiro atoms. The number of benzene rings is 1. The molecule has 7 heteroatoms. The monoisotopic (exact) mass is 362 g/mol. The quantitative estimate of drug-likeness (QED) is 0.774. The third kappa shape index (κ3) is 2.42. The number of pyridine rings is 1. The van der Waals surface area contributed by atoms with Gasteiger partial charge in [0, 0.05) is 17.1 Å². The normalized spacial score (nSPS) is 11.0. The van der Waals surface area contributed by atoms with Gasteiger partial charge in [-0.1, -0.05) is 0 Å². The molecule has 0 bridgehead atoms. The van der Waals surface area contributed by atoms with Gasteiger partial charge >= 0.3 is 0 Å². The van der Waals surface area contributed by atoms with E-state index in [-0.39, 0.29) is 16.5 Å². The zero-order chi connectivity index (χ0) is 15.7. The van der Waals surface area contributed by atoms with Crippen molar-refractivity contribution in [3.8, 4) is 5.69 Å². The van der Waals surface area contributed by atoms with Crippen molar-refractivity contribution in [3.63, 3.8) is 0 Å². The Kier molecular flexibility index (Phi) is 4.00. The highest BCUT2D eigenvalue weighted by Crippen LogP contribution is 2.23. The number of halogens is 2. The molecule has 3 rings (SSSR count). The van der Waals surface area contributed by atoms with Crippen molar-refractivity contribution in [3.05, 3.63) is 63.1 Å². The summed E-state index contributed by atoms with van der Waals surface area (Å²) in [6.45, 7) is 0.299. The van der Waals surface area contributed by atoms with E-state index in [1.54, 1.807) is 24.5 Å². The topological polar surface area (TPSA) is 73.8 Å². The van der Waals surface area contributed by atoms with E-state index >= 15 is 0 Å². The molecule has 0 unspecified atom stereocenters. The molecule has 1 aromatic carbocycles. The molecule has 0 saturated heterocycles. The molecule has 2 aromatic heterocycles. The zero-order valence-electron chi connectivity index (χ0n) is 11.5. The van der Waals surface area contributed by atoms with Crippen molar-refractivity contribution in [2.45, 2.75) is 6.42 Å². The van der Waals surface area contributed by atoms with Crippen molar-refractivity contribution >= 4 is 26.8 Å². The van der Waals surface area contributed by atoms with Gasteiger partial charge in [0.1, 0.15) is 17.2 Å². The lowest BCUT2D eigenvalue weighted by Crippen LogP contribution is -2.26. The Morgan fingerprint density at radius 2 is 2.14 bits per heavy atom. The van der Waals surface area contributed by atoms with Crippen molar-refractivity contribution in [1.29, 1.82) is 0 Å². The molecule has 0 aliphatic heterocycles. The van der Waals surface area contributed by atoms with E-state index < -0.39 is 5.82 Å². The Labute approximate surface area is 133 Å². The van der Waals surface area contributed by atoms with Crippen LogP contribution in [0.15, 0.2) is 45.9 Å². The number of nitrogens with two attached hydrogens (primary N) is 1. The maximum absolute atomic E-state index is 14.0. The minimum absolute atomic E-state index is 0.0444. The number of nitrogens with zero attached hydrogens (tertiary/aromatic N) is 3. The molecule has 112 valence electrons. The van der Waals surface area contributed by atoms with Crippen molar-refractivity contribution in [2.24, 2.45) is 5.73 Å². The first-order valence-corrected chi connectivity index (χ1v) is 7.43. The van der Waals surface area contributed by atoms with Gasteiger partial charge in [-0.25, -0.2) is 9.37 Å². The van der Waals surface area contributed by atoms with Crippen LogP contribution in [0.3, 0.4) is 0 Å². The fourth-order valence-electron chi connectivity index (χ4n) is 2.31. The number of hydrogen-bond donors (Lipinski definition) is 1. The van der Waals surface area contributed by atoms with Gasteiger partial charge in [-0.05, 0) is 46.7 Å². The molecule has 0 radical (unpaired) electrons. The first-order valence-electron chi connectivity index (χ1n) is 6.63. The second kappa shape index (κ2) is 5.94. The fraction of sp³-hybridized carbons (Fsp3) is 0.133. The smallest absolute Gasteiger partial charge is 0.267 e. The largest absolute Gasteiger partial charge is 0.330 e. The van der Waals surface area contributed by atoms with E-state index in [1.807, 2.05) is 0 Å². The van der Waals surface area contributed by atoms with E-state index in [9.17, 15) is 9.18 Å². The molecule has 0 aliphatic rings. The summed E-state index contributed by atoms with van der Waals surface area (Å²) >= 11 is 3.29. The molecule has 3 aromatic rings. The van der Waals surface area contributed by atoms with Crippen LogP contribution in [0.5, 0.6) is 0 Å². The van der Waals surface area contributed by atoms with Gasteiger partial charge < -0.3 is 5.73 Å². The Morgan fingerprint density at radius 3 is 2.82 bits per heavy atom. The molecule has 0 fully saturated rings. The van der Waals surface area contributed by atoms with Gasteiger partial charge in [0.15, 0.2) is 0 Å². The Balaban J connectivity index is 2.45. The predicted octanol–water partition coefficient (Wildman–Crippen LogP) is 2.18. The van der Waals surface area contributed by atoms with Gasteiger partial charge in [-0.15, -0.1) is 0 Å². The number of aromatic nitrogens is 3. The van der Waals surface area contributed by atoms with E-state index in [0.717, 1.165) is 0 Å². The van der Waals surface area contributed by atoms with E-state index in [0.29, 0.717) is 29.0 Å².